The van der Waals surface area contributed by atoms with E-state index in [9.17, 15) is 24.9 Å². The summed E-state index contributed by atoms with van der Waals surface area (Å²) in [6.07, 6.45) is 14.1. The smallest absolute Gasteiger partial charge is 0.306 e. The minimum atomic E-state index is -1.75. The van der Waals surface area contributed by atoms with Gasteiger partial charge in [0.15, 0.2) is 6.10 Å². The molecule has 8 heteroatoms. The van der Waals surface area contributed by atoms with E-state index in [0.29, 0.717) is 12.8 Å². The average Bonchev–Trinajstić information content (AvgIpc) is 2.92. The molecule has 0 aromatic carbocycles. The normalized spacial score (nSPS) is 14.6. The monoisotopic (exact) mass is 546 g/mol. The molecule has 4 atom stereocenters. The molecule has 0 bridgehead atoms. The number of hydrogen-bond acceptors (Lipinski definition) is 8. The summed E-state index contributed by atoms with van der Waals surface area (Å²) in [5, 5.41) is 39.3. The lowest BCUT2D eigenvalue weighted by molar-refractivity contribution is -0.178. The molecule has 0 amide bonds. The zero-order chi connectivity index (χ0) is 28.4. The summed E-state index contributed by atoms with van der Waals surface area (Å²) >= 11 is 0. The molecule has 8 nitrogen and oxygen atoms in total. The van der Waals surface area contributed by atoms with Crippen molar-refractivity contribution in [3.05, 3.63) is 0 Å². The lowest BCUT2D eigenvalue weighted by Crippen LogP contribution is -2.49. The molecule has 0 aromatic heterocycles. The van der Waals surface area contributed by atoms with Gasteiger partial charge in [0.25, 0.3) is 0 Å². The lowest BCUT2D eigenvalue weighted by atomic mass is 10.0. The Morgan fingerprint density at radius 3 is 1.39 bits per heavy atom. The highest BCUT2D eigenvalue weighted by atomic mass is 16.6. The van der Waals surface area contributed by atoms with E-state index in [1.807, 2.05) is 0 Å². The van der Waals surface area contributed by atoms with Gasteiger partial charge in [-0.3, -0.25) is 9.59 Å². The van der Waals surface area contributed by atoms with Crippen molar-refractivity contribution >= 4 is 11.9 Å². The van der Waals surface area contributed by atoms with Crippen molar-refractivity contribution in [3.63, 3.8) is 0 Å². The van der Waals surface area contributed by atoms with Crippen LogP contribution < -0.4 is 0 Å². The Balaban J connectivity index is 4.37. The summed E-state index contributed by atoms with van der Waals surface area (Å²) in [6.45, 7) is 3.21. The first-order valence-corrected chi connectivity index (χ1v) is 15.4. The summed E-state index contributed by atoms with van der Waals surface area (Å²) in [7, 11) is 0. The quantitative estimate of drug-likeness (QED) is 0.0799. The lowest BCUT2D eigenvalue weighted by Gasteiger charge is -2.28. The second-order valence-electron chi connectivity index (χ2n) is 10.6. The molecule has 0 spiro atoms. The van der Waals surface area contributed by atoms with Crippen molar-refractivity contribution in [1.82, 2.24) is 0 Å². The first-order chi connectivity index (χ1) is 18.4. The van der Waals surface area contributed by atoms with Crippen LogP contribution in [0.4, 0.5) is 0 Å². The first-order valence-electron chi connectivity index (χ1n) is 15.4. The molecule has 0 aromatic rings. The van der Waals surface area contributed by atoms with Crippen LogP contribution in [0.25, 0.3) is 0 Å². The summed E-state index contributed by atoms with van der Waals surface area (Å²) < 4.78 is 10.6. The molecule has 0 aliphatic heterocycles. The van der Waals surface area contributed by atoms with Gasteiger partial charge in [0.1, 0.15) is 24.9 Å². The Morgan fingerprint density at radius 2 is 0.974 bits per heavy atom. The Kier molecular flexibility index (Phi) is 25.2. The second kappa shape index (κ2) is 26.0. The Labute approximate surface area is 231 Å². The fourth-order valence-corrected chi connectivity index (χ4v) is 4.39. The minimum absolute atomic E-state index is 0.157. The maximum absolute atomic E-state index is 12.4. The first kappa shape index (κ1) is 36.8. The van der Waals surface area contributed by atoms with Gasteiger partial charge in [0.2, 0.25) is 0 Å². The molecule has 38 heavy (non-hydrogen) atoms. The van der Waals surface area contributed by atoms with E-state index in [1.54, 1.807) is 0 Å². The van der Waals surface area contributed by atoms with Crippen LogP contribution in [0.15, 0.2) is 0 Å². The van der Waals surface area contributed by atoms with Crippen molar-refractivity contribution in [3.8, 4) is 0 Å². The van der Waals surface area contributed by atoms with Crippen molar-refractivity contribution in [2.75, 3.05) is 13.2 Å². The molecule has 0 unspecified atom stereocenters. The molecule has 0 aliphatic rings. The van der Waals surface area contributed by atoms with Gasteiger partial charge in [0, 0.05) is 12.8 Å². The van der Waals surface area contributed by atoms with Crippen LogP contribution in [-0.4, -0.2) is 70.0 Å². The molecule has 226 valence electrons. The van der Waals surface area contributed by atoms with Gasteiger partial charge in [-0.1, -0.05) is 117 Å². The van der Waals surface area contributed by atoms with Crippen molar-refractivity contribution in [2.45, 2.75) is 167 Å². The summed E-state index contributed by atoms with van der Waals surface area (Å²) in [5.41, 5.74) is 0. The van der Waals surface area contributed by atoms with Gasteiger partial charge in [-0.2, -0.15) is 0 Å². The predicted molar refractivity (Wildman–Crippen MR) is 150 cm³/mol. The highest BCUT2D eigenvalue weighted by molar-refractivity contribution is 5.70. The van der Waals surface area contributed by atoms with E-state index in [0.717, 1.165) is 38.5 Å². The van der Waals surface area contributed by atoms with Crippen LogP contribution in [0, 0.1) is 0 Å². The van der Waals surface area contributed by atoms with Crippen LogP contribution in [-0.2, 0) is 19.1 Å². The van der Waals surface area contributed by atoms with Crippen LogP contribution >= 0.6 is 0 Å². The zero-order valence-electron chi connectivity index (χ0n) is 24.3. The minimum Gasteiger partial charge on any atom is -0.462 e. The molecule has 0 aliphatic carbocycles. The van der Waals surface area contributed by atoms with E-state index < -0.39 is 49.6 Å². The van der Waals surface area contributed by atoms with E-state index in [2.05, 4.69) is 13.8 Å². The maximum Gasteiger partial charge on any atom is 0.306 e. The topological polar surface area (TPSA) is 134 Å². The van der Waals surface area contributed by atoms with E-state index in [4.69, 9.17) is 14.6 Å². The Bertz CT molecular complexity index is 556. The fourth-order valence-electron chi connectivity index (χ4n) is 4.39. The largest absolute Gasteiger partial charge is 0.462 e. The van der Waals surface area contributed by atoms with Crippen LogP contribution in [0.5, 0.6) is 0 Å². The molecule has 4 N–H and O–H groups in total. The third-order valence-corrected chi connectivity index (χ3v) is 6.97. The number of aliphatic hydroxyl groups is 4. The molecule has 0 heterocycles. The third kappa shape index (κ3) is 20.7. The number of rotatable bonds is 27. The van der Waals surface area contributed by atoms with Crippen molar-refractivity contribution < 1.29 is 39.5 Å². The number of esters is 2. The molecule has 0 saturated carbocycles. The number of hydrogen-bond donors (Lipinski definition) is 4. The van der Waals surface area contributed by atoms with Crippen LogP contribution in [0.3, 0.4) is 0 Å². The number of ether oxygens (including phenoxy) is 2. The van der Waals surface area contributed by atoms with Gasteiger partial charge in [-0.25, -0.2) is 0 Å². The summed E-state index contributed by atoms with van der Waals surface area (Å²) in [4.78, 5) is 24.5. The number of aliphatic hydroxyl groups excluding tert-OH is 4. The molecule has 0 radical (unpaired) electrons. The number of carbonyl (C=O) groups is 2. The molecular weight excluding hydrogens is 488 g/mol. The number of carbonyl (C=O) groups excluding carboxylic acids is 2. The van der Waals surface area contributed by atoms with Crippen molar-refractivity contribution in [2.24, 2.45) is 0 Å². The van der Waals surface area contributed by atoms with Gasteiger partial charge in [-0.15, -0.1) is 0 Å². The predicted octanol–water partition coefficient (Wildman–Crippen LogP) is 5.36. The highest BCUT2D eigenvalue weighted by Crippen LogP contribution is 2.15. The van der Waals surface area contributed by atoms with Gasteiger partial charge in [-0.05, 0) is 12.8 Å². The average molecular weight is 547 g/mol. The van der Waals surface area contributed by atoms with E-state index in [1.165, 1.54) is 64.2 Å². The SMILES string of the molecule is CCCCCCCCCCCC(=O)OC[C@@H](OC(=O)CCCCCCCCCCC)[C@@H](O)[C@H](O)[C@H](O)CO. The standard InChI is InChI=1S/C30H58O8/c1-3-5-7-9-11-13-15-17-19-21-27(33)37-24-26(30(36)29(35)25(32)23-31)38-28(34)22-20-18-16-14-12-10-8-6-4-2/h25-26,29-32,35-36H,3-24H2,1-2H3/t25-,26-,29-,30-/m1/s1. The molecular formula is C30H58O8. The van der Waals surface area contributed by atoms with E-state index >= 15 is 0 Å². The maximum atomic E-state index is 12.4. The summed E-state index contributed by atoms with van der Waals surface area (Å²) in [6, 6.07) is 0. The fraction of sp³-hybridized carbons (Fsp3) is 0.933. The highest BCUT2D eigenvalue weighted by Gasteiger charge is 2.34. The third-order valence-electron chi connectivity index (χ3n) is 6.97. The summed E-state index contributed by atoms with van der Waals surface area (Å²) in [5.74, 6) is -1.02. The second-order valence-corrected chi connectivity index (χ2v) is 10.6. The molecule has 0 rings (SSSR count). The van der Waals surface area contributed by atoms with Crippen LogP contribution in [0.2, 0.25) is 0 Å². The zero-order valence-corrected chi connectivity index (χ0v) is 24.3. The van der Waals surface area contributed by atoms with Gasteiger partial charge < -0.3 is 29.9 Å². The Morgan fingerprint density at radius 1 is 0.579 bits per heavy atom. The molecule has 0 saturated heterocycles. The number of unbranched alkanes of at least 4 members (excludes halogenated alkanes) is 16. The van der Waals surface area contributed by atoms with Crippen LogP contribution in [0.1, 0.15) is 142 Å². The molecule has 0 fully saturated rings. The Hall–Kier alpha value is -1.22. The van der Waals surface area contributed by atoms with Gasteiger partial charge >= 0.3 is 11.9 Å². The van der Waals surface area contributed by atoms with Gasteiger partial charge in [0.05, 0.1) is 6.61 Å². The van der Waals surface area contributed by atoms with E-state index in [-0.39, 0.29) is 12.8 Å². The van der Waals surface area contributed by atoms with Crippen molar-refractivity contribution in [1.29, 1.82) is 0 Å².